The monoisotopic (exact) mass is 304 g/mol. The summed E-state index contributed by atoms with van der Waals surface area (Å²) in [6.07, 6.45) is 7.17. The van der Waals surface area contributed by atoms with Crippen LogP contribution in [0, 0.1) is 5.41 Å². The summed E-state index contributed by atoms with van der Waals surface area (Å²) in [5, 5.41) is 4.80. The Hall–Kier alpha value is -1.20. The summed E-state index contributed by atoms with van der Waals surface area (Å²) in [5.41, 5.74) is 2.71. The van der Waals surface area contributed by atoms with Crippen molar-refractivity contribution in [2.24, 2.45) is 12.5 Å². The van der Waals surface area contributed by atoms with Gasteiger partial charge in [0.05, 0.1) is 23.9 Å². The third-order valence-electron chi connectivity index (χ3n) is 4.12. The molecule has 5 heteroatoms. The maximum Gasteiger partial charge on any atom is 0.142 e. The fourth-order valence-corrected chi connectivity index (χ4v) is 4.30. The van der Waals surface area contributed by atoms with Gasteiger partial charge in [0.15, 0.2) is 0 Å². The number of aromatic nitrogens is 3. The average Bonchev–Trinajstić information content (AvgIpc) is 3.00. The van der Waals surface area contributed by atoms with E-state index in [1.165, 1.54) is 23.4 Å². The topological polar surface area (TPSA) is 42.7 Å². The van der Waals surface area contributed by atoms with Crippen molar-refractivity contribution in [2.45, 2.75) is 46.1 Å². The number of imidazole rings is 1. The van der Waals surface area contributed by atoms with Gasteiger partial charge in [0.2, 0.25) is 0 Å². The van der Waals surface area contributed by atoms with Crippen molar-refractivity contribution in [3.8, 4) is 10.7 Å². The Bertz CT molecular complexity index is 626. The van der Waals surface area contributed by atoms with Crippen LogP contribution in [0.1, 0.15) is 50.2 Å². The quantitative estimate of drug-likeness (QED) is 0.939. The van der Waals surface area contributed by atoms with E-state index in [0.717, 1.165) is 23.7 Å². The number of fused-ring (bicyclic) bond motifs is 1. The number of thiazole rings is 1. The summed E-state index contributed by atoms with van der Waals surface area (Å²) >= 11 is 1.83. The minimum Gasteiger partial charge on any atom is -0.332 e. The Morgan fingerprint density at radius 3 is 2.95 bits per heavy atom. The van der Waals surface area contributed by atoms with Crippen molar-refractivity contribution in [2.75, 3.05) is 6.54 Å². The molecule has 1 atom stereocenters. The first-order valence-electron chi connectivity index (χ1n) is 7.70. The maximum absolute atomic E-state index is 4.93. The van der Waals surface area contributed by atoms with Gasteiger partial charge >= 0.3 is 0 Å². The largest absolute Gasteiger partial charge is 0.332 e. The summed E-state index contributed by atoms with van der Waals surface area (Å²) in [6.45, 7) is 7.98. The molecule has 2 aromatic rings. The van der Waals surface area contributed by atoms with Crippen LogP contribution in [0.3, 0.4) is 0 Å². The van der Waals surface area contributed by atoms with Gasteiger partial charge in [-0.25, -0.2) is 9.97 Å². The normalized spacial score (nSPS) is 20.5. The van der Waals surface area contributed by atoms with E-state index in [1.807, 2.05) is 35.5 Å². The Kier molecular flexibility index (Phi) is 3.88. The Balaban J connectivity index is 1.97. The van der Waals surface area contributed by atoms with E-state index in [1.54, 1.807) is 0 Å². The molecule has 2 aromatic heterocycles. The molecule has 0 saturated heterocycles. The molecule has 3 rings (SSSR count). The predicted octanol–water partition coefficient (Wildman–Crippen LogP) is 3.56. The van der Waals surface area contributed by atoms with Gasteiger partial charge in [0, 0.05) is 18.0 Å². The van der Waals surface area contributed by atoms with Gasteiger partial charge < -0.3 is 9.88 Å². The summed E-state index contributed by atoms with van der Waals surface area (Å²) in [6, 6.07) is 0.447. The van der Waals surface area contributed by atoms with E-state index in [9.17, 15) is 0 Å². The highest BCUT2D eigenvalue weighted by atomic mass is 32.1. The lowest BCUT2D eigenvalue weighted by atomic mass is 9.76. The molecule has 0 aliphatic heterocycles. The van der Waals surface area contributed by atoms with Gasteiger partial charge in [-0.1, -0.05) is 20.8 Å². The van der Waals surface area contributed by atoms with Crippen molar-refractivity contribution >= 4 is 11.3 Å². The zero-order chi connectivity index (χ0) is 15.0. The molecule has 1 aliphatic rings. The fraction of sp³-hybridized carbons (Fsp3) is 0.625. The first-order chi connectivity index (χ1) is 10.00. The van der Waals surface area contributed by atoms with Crippen LogP contribution >= 0.6 is 11.3 Å². The second kappa shape index (κ2) is 5.54. The van der Waals surface area contributed by atoms with E-state index >= 15 is 0 Å². The molecular formula is C16H24N4S. The lowest BCUT2D eigenvalue weighted by molar-refractivity contribution is 0.258. The molecule has 0 spiro atoms. The second-order valence-electron chi connectivity index (χ2n) is 6.77. The highest BCUT2D eigenvalue weighted by Crippen LogP contribution is 2.44. The molecule has 0 saturated carbocycles. The van der Waals surface area contributed by atoms with Crippen molar-refractivity contribution in [1.29, 1.82) is 0 Å². The maximum atomic E-state index is 4.93. The highest BCUT2D eigenvalue weighted by Gasteiger charge is 2.35. The summed E-state index contributed by atoms with van der Waals surface area (Å²) < 4.78 is 2.05. The lowest BCUT2D eigenvalue weighted by Gasteiger charge is -2.34. The van der Waals surface area contributed by atoms with Crippen LogP contribution in [-0.4, -0.2) is 21.1 Å². The van der Waals surface area contributed by atoms with Crippen LogP contribution in [-0.2, 0) is 13.5 Å². The molecule has 1 N–H and O–H groups in total. The lowest BCUT2D eigenvalue weighted by Crippen LogP contribution is -2.33. The van der Waals surface area contributed by atoms with E-state index in [0.29, 0.717) is 11.5 Å². The molecule has 2 heterocycles. The molecular weight excluding hydrogens is 280 g/mol. The fourth-order valence-electron chi connectivity index (χ4n) is 3.09. The zero-order valence-electron chi connectivity index (χ0n) is 13.3. The molecule has 1 unspecified atom stereocenters. The van der Waals surface area contributed by atoms with E-state index in [2.05, 4.69) is 31.1 Å². The molecule has 114 valence electrons. The van der Waals surface area contributed by atoms with E-state index < -0.39 is 0 Å². The third kappa shape index (κ3) is 2.90. The van der Waals surface area contributed by atoms with Gasteiger partial charge in [-0.15, -0.1) is 11.3 Å². The van der Waals surface area contributed by atoms with Crippen molar-refractivity contribution < 1.29 is 0 Å². The Morgan fingerprint density at radius 2 is 2.29 bits per heavy atom. The van der Waals surface area contributed by atoms with Gasteiger partial charge in [-0.3, -0.25) is 0 Å². The highest BCUT2D eigenvalue weighted by molar-refractivity contribution is 7.15. The Labute approximate surface area is 130 Å². The molecule has 4 nitrogen and oxygen atoms in total. The van der Waals surface area contributed by atoms with Crippen LogP contribution < -0.4 is 5.32 Å². The van der Waals surface area contributed by atoms with Crippen LogP contribution in [0.25, 0.3) is 10.7 Å². The van der Waals surface area contributed by atoms with Crippen molar-refractivity contribution in [3.63, 3.8) is 0 Å². The minimum atomic E-state index is 0.316. The number of hydrogen-bond acceptors (Lipinski definition) is 4. The van der Waals surface area contributed by atoms with Gasteiger partial charge in [-0.05, 0) is 31.2 Å². The number of nitrogens with zero attached hydrogens (tertiary/aromatic N) is 3. The van der Waals surface area contributed by atoms with Crippen LogP contribution in [0.2, 0.25) is 0 Å². The smallest absolute Gasteiger partial charge is 0.142 e. The third-order valence-corrected chi connectivity index (χ3v) is 5.36. The molecule has 21 heavy (non-hydrogen) atoms. The van der Waals surface area contributed by atoms with Gasteiger partial charge in [-0.2, -0.15) is 0 Å². The average molecular weight is 304 g/mol. The zero-order valence-corrected chi connectivity index (χ0v) is 14.1. The molecule has 0 radical (unpaired) electrons. The minimum absolute atomic E-state index is 0.316. The molecule has 0 amide bonds. The van der Waals surface area contributed by atoms with Crippen LogP contribution in [0.5, 0.6) is 0 Å². The van der Waals surface area contributed by atoms with E-state index in [-0.39, 0.29) is 0 Å². The van der Waals surface area contributed by atoms with Crippen molar-refractivity contribution in [3.05, 3.63) is 23.1 Å². The summed E-state index contributed by atoms with van der Waals surface area (Å²) in [7, 11) is 2.03. The first kappa shape index (κ1) is 14.7. The SMILES string of the molecule is CCCNC1CC(C)(C)Cc2nc(-c3cncn3C)sc21. The molecule has 1 aliphatic carbocycles. The van der Waals surface area contributed by atoms with Gasteiger partial charge in [0.25, 0.3) is 0 Å². The van der Waals surface area contributed by atoms with Crippen LogP contribution in [0.15, 0.2) is 12.5 Å². The number of hydrogen-bond donors (Lipinski definition) is 1. The molecule has 0 fully saturated rings. The molecule has 0 aromatic carbocycles. The van der Waals surface area contributed by atoms with Crippen LogP contribution in [0.4, 0.5) is 0 Å². The number of aryl methyl sites for hydroxylation is 1. The summed E-state index contributed by atoms with van der Waals surface area (Å²) in [5.74, 6) is 0. The standard InChI is InChI=1S/C16H24N4S/c1-5-6-18-11-7-16(2,3)8-12-14(11)21-15(19-12)13-9-17-10-20(13)4/h9-11,18H,5-8H2,1-4H3. The van der Waals surface area contributed by atoms with E-state index in [4.69, 9.17) is 4.98 Å². The Morgan fingerprint density at radius 1 is 1.48 bits per heavy atom. The van der Waals surface area contributed by atoms with Crippen molar-refractivity contribution in [1.82, 2.24) is 19.9 Å². The first-order valence-corrected chi connectivity index (χ1v) is 8.51. The van der Waals surface area contributed by atoms with Gasteiger partial charge in [0.1, 0.15) is 5.01 Å². The number of rotatable bonds is 4. The molecule has 0 bridgehead atoms. The number of nitrogens with one attached hydrogen (secondary N) is 1. The predicted molar refractivity (Wildman–Crippen MR) is 87.5 cm³/mol. The second-order valence-corrected chi connectivity index (χ2v) is 7.80. The summed E-state index contributed by atoms with van der Waals surface area (Å²) in [4.78, 5) is 10.6.